The molecule has 182 valence electrons. The van der Waals surface area contributed by atoms with Crippen LogP contribution in [0.15, 0.2) is 48.0 Å². The fraction of sp³-hybridized carbons (Fsp3) is 0.407. The monoisotopic (exact) mass is 467 g/mol. The molecule has 1 heterocycles. The third-order valence-corrected chi connectivity index (χ3v) is 5.74. The SMILES string of the molecule is COCCCN1C(=O)C(=O)/C(=C(/O)c2ccc(OCC(C)C)c(C)c2)C1c1ccccc1OC. The van der Waals surface area contributed by atoms with Crippen LogP contribution >= 0.6 is 0 Å². The number of aliphatic hydroxyl groups is 1. The zero-order valence-corrected chi connectivity index (χ0v) is 20.5. The van der Waals surface area contributed by atoms with Crippen LogP contribution in [0.1, 0.15) is 43.0 Å². The van der Waals surface area contributed by atoms with E-state index in [1.54, 1.807) is 37.4 Å². The van der Waals surface area contributed by atoms with Crippen molar-refractivity contribution in [3.8, 4) is 11.5 Å². The number of ketones is 1. The van der Waals surface area contributed by atoms with Crippen molar-refractivity contribution in [2.75, 3.05) is 34.0 Å². The maximum Gasteiger partial charge on any atom is 0.295 e. The number of hydrogen-bond donors (Lipinski definition) is 1. The molecule has 2 aromatic rings. The minimum atomic E-state index is -0.773. The second-order valence-corrected chi connectivity index (χ2v) is 8.77. The molecule has 1 amide bonds. The van der Waals surface area contributed by atoms with Crippen LogP contribution in [0.2, 0.25) is 0 Å². The van der Waals surface area contributed by atoms with Gasteiger partial charge in [0.1, 0.15) is 17.3 Å². The largest absolute Gasteiger partial charge is 0.507 e. The van der Waals surface area contributed by atoms with E-state index in [9.17, 15) is 14.7 Å². The smallest absolute Gasteiger partial charge is 0.295 e. The zero-order chi connectivity index (χ0) is 24.8. The highest BCUT2D eigenvalue weighted by molar-refractivity contribution is 6.46. The van der Waals surface area contributed by atoms with Gasteiger partial charge in [-0.25, -0.2) is 0 Å². The number of hydrogen-bond acceptors (Lipinski definition) is 6. The Kier molecular flexibility index (Phi) is 8.34. The summed E-state index contributed by atoms with van der Waals surface area (Å²) in [6.07, 6.45) is 0.552. The predicted octanol–water partition coefficient (Wildman–Crippen LogP) is 4.50. The Balaban J connectivity index is 2.09. The average molecular weight is 468 g/mol. The van der Waals surface area contributed by atoms with Gasteiger partial charge in [0, 0.05) is 31.4 Å². The number of methoxy groups -OCH3 is 2. The fourth-order valence-electron chi connectivity index (χ4n) is 4.08. The highest BCUT2D eigenvalue weighted by Gasteiger charge is 2.46. The van der Waals surface area contributed by atoms with Crippen LogP contribution in [0, 0.1) is 12.8 Å². The maximum absolute atomic E-state index is 13.2. The normalized spacial score (nSPS) is 17.5. The van der Waals surface area contributed by atoms with E-state index in [0.29, 0.717) is 54.7 Å². The first-order valence-corrected chi connectivity index (χ1v) is 11.4. The van der Waals surface area contributed by atoms with Crippen molar-refractivity contribution in [1.82, 2.24) is 4.90 Å². The number of aliphatic hydroxyl groups excluding tert-OH is 1. The highest BCUT2D eigenvalue weighted by Crippen LogP contribution is 2.42. The fourth-order valence-corrected chi connectivity index (χ4v) is 4.08. The van der Waals surface area contributed by atoms with Gasteiger partial charge < -0.3 is 24.2 Å². The lowest BCUT2D eigenvalue weighted by Crippen LogP contribution is -2.31. The molecule has 0 spiro atoms. The molecule has 1 N–H and O–H groups in total. The van der Waals surface area contributed by atoms with Crippen molar-refractivity contribution in [2.24, 2.45) is 5.92 Å². The molecule has 0 bridgehead atoms. The first-order valence-electron chi connectivity index (χ1n) is 11.4. The van der Waals surface area contributed by atoms with Crippen molar-refractivity contribution in [2.45, 2.75) is 33.2 Å². The number of nitrogens with zero attached hydrogens (tertiary/aromatic N) is 1. The molecule has 0 aliphatic carbocycles. The number of aryl methyl sites for hydroxylation is 1. The second kappa shape index (κ2) is 11.2. The first kappa shape index (κ1) is 25.3. The number of carbonyl (C=O) groups excluding carboxylic acids is 2. The van der Waals surface area contributed by atoms with E-state index in [1.165, 1.54) is 12.0 Å². The summed E-state index contributed by atoms with van der Waals surface area (Å²) in [6.45, 7) is 7.34. The Morgan fingerprint density at radius 3 is 2.47 bits per heavy atom. The molecule has 34 heavy (non-hydrogen) atoms. The van der Waals surface area contributed by atoms with Gasteiger partial charge in [-0.1, -0.05) is 32.0 Å². The number of benzene rings is 2. The molecule has 7 nitrogen and oxygen atoms in total. The summed E-state index contributed by atoms with van der Waals surface area (Å²) >= 11 is 0. The van der Waals surface area contributed by atoms with Crippen LogP contribution in [0.4, 0.5) is 0 Å². The Morgan fingerprint density at radius 1 is 1.09 bits per heavy atom. The number of likely N-dealkylation sites (tertiary alicyclic amines) is 1. The summed E-state index contributed by atoms with van der Waals surface area (Å²) in [5.41, 5.74) is 1.95. The molecule has 0 saturated carbocycles. The summed E-state index contributed by atoms with van der Waals surface area (Å²) in [7, 11) is 3.12. The van der Waals surface area contributed by atoms with E-state index < -0.39 is 17.7 Å². The van der Waals surface area contributed by atoms with E-state index >= 15 is 0 Å². The Morgan fingerprint density at radius 2 is 1.82 bits per heavy atom. The van der Waals surface area contributed by atoms with E-state index in [2.05, 4.69) is 13.8 Å². The van der Waals surface area contributed by atoms with Gasteiger partial charge in [0.25, 0.3) is 11.7 Å². The lowest BCUT2D eigenvalue weighted by Gasteiger charge is -2.26. The number of amides is 1. The number of rotatable bonds is 10. The Hall–Kier alpha value is -3.32. The molecular weight excluding hydrogens is 434 g/mol. The number of Topliss-reactive ketones (excluding diaryl/α,β-unsaturated/α-hetero) is 1. The van der Waals surface area contributed by atoms with Gasteiger partial charge in [-0.15, -0.1) is 0 Å². The third-order valence-electron chi connectivity index (χ3n) is 5.74. The molecule has 0 aromatic heterocycles. The number of ether oxygens (including phenoxy) is 3. The minimum absolute atomic E-state index is 0.0437. The highest BCUT2D eigenvalue weighted by atomic mass is 16.5. The minimum Gasteiger partial charge on any atom is -0.507 e. The quantitative estimate of drug-likeness (QED) is 0.240. The summed E-state index contributed by atoms with van der Waals surface area (Å²) in [4.78, 5) is 27.7. The van der Waals surface area contributed by atoms with Crippen LogP contribution in [-0.4, -0.2) is 55.7 Å². The Labute approximate surface area is 200 Å². The van der Waals surface area contributed by atoms with Gasteiger partial charge >= 0.3 is 0 Å². The van der Waals surface area contributed by atoms with Crippen molar-refractivity contribution in [3.63, 3.8) is 0 Å². The summed E-state index contributed by atoms with van der Waals surface area (Å²) in [5, 5.41) is 11.3. The lowest BCUT2D eigenvalue weighted by molar-refractivity contribution is -0.140. The van der Waals surface area contributed by atoms with Gasteiger partial charge in [-0.3, -0.25) is 9.59 Å². The van der Waals surface area contributed by atoms with Gasteiger partial charge in [0.05, 0.1) is 25.3 Å². The van der Waals surface area contributed by atoms with Crippen molar-refractivity contribution in [3.05, 3.63) is 64.7 Å². The van der Waals surface area contributed by atoms with Gasteiger partial charge in [-0.05, 0) is 49.1 Å². The summed E-state index contributed by atoms with van der Waals surface area (Å²) in [6, 6.07) is 11.7. The standard InChI is InChI=1S/C27H33NO6/c1-17(2)16-34-21-12-11-19(15-18(21)3)25(29)23-24(20-9-6-7-10-22(20)33-5)28(13-8-14-32-4)27(31)26(23)30/h6-7,9-12,15,17,24,29H,8,13-14,16H2,1-5H3/b25-23+. The van der Waals surface area contributed by atoms with Crippen LogP contribution < -0.4 is 9.47 Å². The van der Waals surface area contributed by atoms with Crippen molar-refractivity contribution < 1.29 is 28.9 Å². The van der Waals surface area contributed by atoms with Crippen LogP contribution in [0.25, 0.3) is 5.76 Å². The van der Waals surface area contributed by atoms with Crippen molar-refractivity contribution in [1.29, 1.82) is 0 Å². The number of carbonyl (C=O) groups is 2. The second-order valence-electron chi connectivity index (χ2n) is 8.77. The predicted molar refractivity (Wildman–Crippen MR) is 130 cm³/mol. The Bertz CT molecular complexity index is 1070. The molecule has 3 rings (SSSR count). The molecule has 1 aliphatic heterocycles. The van der Waals surface area contributed by atoms with E-state index in [0.717, 1.165) is 5.56 Å². The first-order chi connectivity index (χ1) is 16.3. The maximum atomic E-state index is 13.2. The van der Waals surface area contributed by atoms with Crippen LogP contribution in [0.5, 0.6) is 11.5 Å². The topological polar surface area (TPSA) is 85.3 Å². The van der Waals surface area contributed by atoms with Crippen LogP contribution in [-0.2, 0) is 14.3 Å². The molecule has 1 fully saturated rings. The average Bonchev–Trinajstić information content (AvgIpc) is 3.07. The summed E-state index contributed by atoms with van der Waals surface area (Å²) in [5.74, 6) is 0.0346. The van der Waals surface area contributed by atoms with E-state index in [1.807, 2.05) is 19.1 Å². The number of para-hydroxylation sites is 1. The molecule has 1 atom stereocenters. The van der Waals surface area contributed by atoms with Gasteiger partial charge in [-0.2, -0.15) is 0 Å². The van der Waals surface area contributed by atoms with E-state index in [-0.39, 0.29) is 11.3 Å². The van der Waals surface area contributed by atoms with Gasteiger partial charge in [0.15, 0.2) is 0 Å². The van der Waals surface area contributed by atoms with Gasteiger partial charge in [0.2, 0.25) is 0 Å². The molecule has 2 aromatic carbocycles. The third kappa shape index (κ3) is 5.25. The van der Waals surface area contributed by atoms with Crippen molar-refractivity contribution >= 4 is 17.4 Å². The summed E-state index contributed by atoms with van der Waals surface area (Å²) < 4.78 is 16.5. The molecule has 1 saturated heterocycles. The zero-order valence-electron chi connectivity index (χ0n) is 20.5. The van der Waals surface area contributed by atoms with Crippen LogP contribution in [0.3, 0.4) is 0 Å². The molecular formula is C27H33NO6. The molecule has 7 heteroatoms. The molecule has 1 aliphatic rings. The van der Waals surface area contributed by atoms with E-state index in [4.69, 9.17) is 14.2 Å². The lowest BCUT2D eigenvalue weighted by atomic mass is 9.94. The molecule has 1 unspecified atom stereocenters. The molecule has 0 radical (unpaired) electrons.